The second-order valence-electron chi connectivity index (χ2n) is 9.39. The largest absolute Gasteiger partial charge is 0.495 e. The van der Waals surface area contributed by atoms with Gasteiger partial charge in [-0.2, -0.15) is 13.2 Å². The fourth-order valence-electron chi connectivity index (χ4n) is 4.09. The first kappa shape index (κ1) is 23.6. The number of nitrogens with zero attached hydrogens (tertiary/aromatic N) is 1. The van der Waals surface area contributed by atoms with Gasteiger partial charge in [-0.3, -0.25) is 4.90 Å². The van der Waals surface area contributed by atoms with Crippen molar-refractivity contribution < 1.29 is 31.7 Å². The van der Waals surface area contributed by atoms with Gasteiger partial charge in [0.25, 0.3) is 0 Å². The first-order valence-corrected chi connectivity index (χ1v) is 10.6. The van der Waals surface area contributed by atoms with Crippen LogP contribution >= 0.6 is 0 Å². The number of hydrogen-bond donors (Lipinski definition) is 1. The quantitative estimate of drug-likeness (QED) is 0.500. The topological polar surface area (TPSA) is 50.8 Å². The molecule has 0 aromatic heterocycles. The minimum atomic E-state index is -4.64. The van der Waals surface area contributed by atoms with Gasteiger partial charge in [0.05, 0.1) is 22.5 Å². The van der Waals surface area contributed by atoms with Gasteiger partial charge < -0.3 is 14.6 Å². The summed E-state index contributed by atoms with van der Waals surface area (Å²) in [6.07, 6.45) is -4.10. The van der Waals surface area contributed by atoms with E-state index < -0.39 is 47.6 Å². The monoisotopic (exact) mass is 464 g/mol. The minimum Gasteiger partial charge on any atom is -0.399 e. The highest BCUT2D eigenvalue weighted by molar-refractivity contribution is 6.62. The van der Waals surface area contributed by atoms with Crippen molar-refractivity contribution in [1.82, 2.24) is 0 Å². The molecule has 0 spiro atoms. The number of alkyl halides is 3. The van der Waals surface area contributed by atoms with Gasteiger partial charge in [0, 0.05) is 12.2 Å². The molecule has 0 atom stereocenters. The summed E-state index contributed by atoms with van der Waals surface area (Å²) in [5.74, 6) is -0.942. The van der Waals surface area contributed by atoms with Crippen LogP contribution in [0.25, 0.3) is 0 Å². The lowest BCUT2D eigenvalue weighted by Crippen LogP contribution is -2.41. The lowest BCUT2D eigenvalue weighted by atomic mass is 9.74. The number of amides is 2. The van der Waals surface area contributed by atoms with Crippen molar-refractivity contribution in [2.24, 2.45) is 0 Å². The SMILES string of the molecule is Cc1c(B2OC(C)(C)C(C)(C)O2)ccc2c1CCN2C(=O)Nc1cc(C(F)(F)F)ccc1F. The fraction of sp³-hybridized carbons (Fsp3) is 0.435. The fourth-order valence-corrected chi connectivity index (χ4v) is 4.09. The molecule has 176 valence electrons. The van der Waals surface area contributed by atoms with Crippen molar-refractivity contribution in [3.05, 3.63) is 52.8 Å². The average Bonchev–Trinajstić information content (AvgIpc) is 3.21. The van der Waals surface area contributed by atoms with Gasteiger partial charge in [0.2, 0.25) is 0 Å². The van der Waals surface area contributed by atoms with E-state index in [-0.39, 0.29) is 0 Å². The molecule has 10 heteroatoms. The van der Waals surface area contributed by atoms with Gasteiger partial charge in [-0.25, -0.2) is 9.18 Å². The van der Waals surface area contributed by atoms with E-state index in [1.165, 1.54) is 4.90 Å². The second kappa shape index (κ2) is 7.73. The molecule has 33 heavy (non-hydrogen) atoms. The summed E-state index contributed by atoms with van der Waals surface area (Å²) in [5, 5.41) is 2.28. The van der Waals surface area contributed by atoms with Crippen molar-refractivity contribution >= 4 is 30.0 Å². The molecule has 1 N–H and O–H groups in total. The minimum absolute atomic E-state index is 0.315. The molecule has 2 aromatic carbocycles. The number of halogens is 4. The van der Waals surface area contributed by atoms with E-state index in [1.54, 1.807) is 6.07 Å². The Hall–Kier alpha value is -2.59. The molecule has 0 radical (unpaired) electrons. The molecule has 2 heterocycles. The van der Waals surface area contributed by atoms with Crippen LogP contribution in [0.2, 0.25) is 0 Å². The van der Waals surface area contributed by atoms with Gasteiger partial charge in [-0.05, 0) is 81.9 Å². The number of urea groups is 1. The Morgan fingerprint density at radius 2 is 1.73 bits per heavy atom. The zero-order valence-corrected chi connectivity index (χ0v) is 19.1. The van der Waals surface area contributed by atoms with Crippen LogP contribution in [0.3, 0.4) is 0 Å². The predicted octanol–water partition coefficient (Wildman–Crippen LogP) is 5.05. The first-order valence-electron chi connectivity index (χ1n) is 10.6. The van der Waals surface area contributed by atoms with Crippen LogP contribution in [-0.2, 0) is 21.9 Å². The Morgan fingerprint density at radius 3 is 2.33 bits per heavy atom. The van der Waals surface area contributed by atoms with Crippen molar-refractivity contribution in [3.63, 3.8) is 0 Å². The summed E-state index contributed by atoms with van der Waals surface area (Å²) in [6, 6.07) is 4.81. The summed E-state index contributed by atoms with van der Waals surface area (Å²) in [5.41, 5.74) is 0.774. The molecule has 1 fully saturated rings. The number of rotatable bonds is 2. The van der Waals surface area contributed by atoms with Gasteiger partial charge in [-0.15, -0.1) is 0 Å². The molecule has 0 aliphatic carbocycles. The second-order valence-corrected chi connectivity index (χ2v) is 9.39. The smallest absolute Gasteiger partial charge is 0.399 e. The standard InChI is InChI=1S/C23H25BF4N2O3/c1-13-15-10-11-30(20(31)29-18-12-14(23(26,27)28)6-8-17(18)25)19(15)9-7-16(13)24-32-21(2,3)22(4,5)33-24/h6-9,12H,10-11H2,1-5H3,(H,29,31). The molecular formula is C23H25BF4N2O3. The van der Waals surface area contributed by atoms with Crippen molar-refractivity contribution in [1.29, 1.82) is 0 Å². The van der Waals surface area contributed by atoms with Crippen LogP contribution in [0.1, 0.15) is 44.4 Å². The Kier molecular flexibility index (Phi) is 5.52. The highest BCUT2D eigenvalue weighted by Gasteiger charge is 2.52. The van der Waals surface area contributed by atoms with Crippen LogP contribution in [-0.4, -0.2) is 30.9 Å². The number of nitrogens with one attached hydrogen (secondary N) is 1. The molecule has 4 rings (SSSR count). The molecule has 2 aliphatic rings. The Bertz CT molecular complexity index is 1100. The van der Waals surface area contributed by atoms with E-state index in [1.807, 2.05) is 40.7 Å². The molecule has 0 bridgehead atoms. The predicted molar refractivity (Wildman–Crippen MR) is 118 cm³/mol. The number of benzene rings is 2. The Morgan fingerprint density at radius 1 is 1.09 bits per heavy atom. The number of hydrogen-bond acceptors (Lipinski definition) is 3. The third-order valence-electron chi connectivity index (χ3n) is 6.78. The first-order chi connectivity index (χ1) is 15.2. The number of carbonyl (C=O) groups excluding carboxylic acids is 1. The highest BCUT2D eigenvalue weighted by Crippen LogP contribution is 2.38. The van der Waals surface area contributed by atoms with Crippen molar-refractivity contribution in [2.75, 3.05) is 16.8 Å². The van der Waals surface area contributed by atoms with Crippen LogP contribution in [0.5, 0.6) is 0 Å². The van der Waals surface area contributed by atoms with Crippen LogP contribution in [0.15, 0.2) is 30.3 Å². The lowest BCUT2D eigenvalue weighted by Gasteiger charge is -2.32. The Labute approximate surface area is 190 Å². The van der Waals surface area contributed by atoms with Crippen molar-refractivity contribution in [3.8, 4) is 0 Å². The average molecular weight is 464 g/mol. The maximum absolute atomic E-state index is 14.1. The molecule has 5 nitrogen and oxygen atoms in total. The molecule has 2 aromatic rings. The van der Waals surface area contributed by atoms with E-state index in [0.29, 0.717) is 36.9 Å². The van der Waals surface area contributed by atoms with E-state index in [0.717, 1.165) is 16.6 Å². The maximum Gasteiger partial charge on any atom is 0.495 e. The zero-order chi connectivity index (χ0) is 24.3. The summed E-state index contributed by atoms with van der Waals surface area (Å²) in [7, 11) is -0.553. The van der Waals surface area contributed by atoms with Gasteiger partial charge in [0.15, 0.2) is 0 Å². The lowest BCUT2D eigenvalue weighted by molar-refractivity contribution is -0.137. The number of fused-ring (bicyclic) bond motifs is 1. The maximum atomic E-state index is 14.1. The van der Waals surface area contributed by atoms with Crippen LogP contribution in [0, 0.1) is 12.7 Å². The Balaban J connectivity index is 1.58. The van der Waals surface area contributed by atoms with Gasteiger partial charge in [0.1, 0.15) is 5.82 Å². The molecular weight excluding hydrogens is 439 g/mol. The van der Waals surface area contributed by atoms with E-state index in [2.05, 4.69) is 5.32 Å². The van der Waals surface area contributed by atoms with Crippen LogP contribution < -0.4 is 15.7 Å². The summed E-state index contributed by atoms with van der Waals surface area (Å²) in [4.78, 5) is 14.2. The molecule has 2 aliphatic heterocycles. The number of carbonyl (C=O) groups is 1. The molecule has 0 unspecified atom stereocenters. The van der Waals surface area contributed by atoms with Crippen LogP contribution in [0.4, 0.5) is 33.7 Å². The van der Waals surface area contributed by atoms with E-state index >= 15 is 0 Å². The molecule has 2 amide bonds. The highest BCUT2D eigenvalue weighted by atomic mass is 19.4. The summed E-state index contributed by atoms with van der Waals surface area (Å²) >= 11 is 0. The molecule has 0 saturated carbocycles. The van der Waals surface area contributed by atoms with E-state index in [4.69, 9.17) is 9.31 Å². The summed E-state index contributed by atoms with van der Waals surface area (Å²) in [6.45, 7) is 10.1. The van der Waals surface area contributed by atoms with Gasteiger partial charge >= 0.3 is 19.3 Å². The zero-order valence-electron chi connectivity index (χ0n) is 19.1. The molecule has 1 saturated heterocycles. The third-order valence-corrected chi connectivity index (χ3v) is 6.78. The number of anilines is 2. The van der Waals surface area contributed by atoms with Crippen molar-refractivity contribution in [2.45, 2.75) is 58.4 Å². The third kappa shape index (κ3) is 4.10. The normalized spacial score (nSPS) is 19.1. The van der Waals surface area contributed by atoms with E-state index in [9.17, 15) is 22.4 Å². The van der Waals surface area contributed by atoms with Gasteiger partial charge in [-0.1, -0.05) is 6.07 Å². The summed E-state index contributed by atoms with van der Waals surface area (Å²) < 4.78 is 65.3.